The van der Waals surface area contributed by atoms with Gasteiger partial charge in [0.1, 0.15) is 11.2 Å². The van der Waals surface area contributed by atoms with Gasteiger partial charge in [-0.15, -0.1) is 0 Å². The highest BCUT2D eigenvalue weighted by Crippen LogP contribution is 2.37. The fourth-order valence-electron chi connectivity index (χ4n) is 3.15. The lowest BCUT2D eigenvalue weighted by molar-refractivity contribution is 0.0695. The maximum atomic E-state index is 14.6. The molecular formula is C16H15FN4O4. The molecule has 3 heterocycles. The van der Waals surface area contributed by atoms with E-state index in [1.807, 2.05) is 0 Å². The Morgan fingerprint density at radius 3 is 2.76 bits per heavy atom. The molecule has 2 N–H and O–H groups in total. The summed E-state index contributed by atoms with van der Waals surface area (Å²) in [6.07, 6.45) is 3.51. The number of carbonyl (C=O) groups is 1. The lowest BCUT2D eigenvalue weighted by Gasteiger charge is -2.18. The number of aromatic nitrogens is 2. The number of pyridine rings is 2. The number of hydrogen-bond acceptors (Lipinski definition) is 6. The van der Waals surface area contributed by atoms with Crippen LogP contribution in [0.2, 0.25) is 0 Å². The second-order valence-electron chi connectivity index (χ2n) is 6.32. The average Bonchev–Trinajstić information content (AvgIpc) is 3.31. The van der Waals surface area contributed by atoms with Gasteiger partial charge in [-0.2, -0.15) is 0 Å². The molecule has 2 aliphatic rings. The van der Waals surface area contributed by atoms with Crippen molar-refractivity contribution < 1.29 is 19.5 Å². The van der Waals surface area contributed by atoms with E-state index < -0.39 is 17.2 Å². The predicted octanol–water partition coefficient (Wildman–Crippen LogP) is 1.61. The van der Waals surface area contributed by atoms with E-state index in [1.165, 1.54) is 6.20 Å². The van der Waals surface area contributed by atoms with E-state index in [-0.39, 0.29) is 35.0 Å². The van der Waals surface area contributed by atoms with E-state index in [1.54, 1.807) is 9.47 Å². The Labute approximate surface area is 140 Å². The van der Waals surface area contributed by atoms with E-state index in [4.69, 9.17) is 5.21 Å². The van der Waals surface area contributed by atoms with Crippen molar-refractivity contribution in [2.24, 2.45) is 5.16 Å². The first-order valence-corrected chi connectivity index (χ1v) is 7.93. The van der Waals surface area contributed by atoms with Gasteiger partial charge in [-0.3, -0.25) is 4.79 Å². The predicted molar refractivity (Wildman–Crippen MR) is 87.2 cm³/mol. The second-order valence-corrected chi connectivity index (χ2v) is 6.32. The minimum Gasteiger partial charge on any atom is -0.477 e. The normalized spacial score (nSPS) is 19.1. The van der Waals surface area contributed by atoms with Crippen molar-refractivity contribution in [3.05, 3.63) is 33.9 Å². The van der Waals surface area contributed by atoms with E-state index in [0.717, 1.165) is 18.9 Å². The largest absolute Gasteiger partial charge is 0.477 e. The Bertz CT molecular complexity index is 980. The SMILES string of the molecule is O=C(O)c1cn(C2CC2)c2nc(N3CC/C(=N/O)C3)c(F)cc2c1=O. The Morgan fingerprint density at radius 2 is 2.16 bits per heavy atom. The van der Waals surface area contributed by atoms with Crippen LogP contribution in [-0.2, 0) is 0 Å². The van der Waals surface area contributed by atoms with Gasteiger partial charge in [0.2, 0.25) is 5.43 Å². The maximum Gasteiger partial charge on any atom is 0.341 e. The highest BCUT2D eigenvalue weighted by molar-refractivity contribution is 5.93. The van der Waals surface area contributed by atoms with E-state index in [0.29, 0.717) is 18.7 Å². The number of aromatic carboxylic acids is 1. The number of carboxylic acid groups (broad SMARTS) is 1. The van der Waals surface area contributed by atoms with Crippen LogP contribution in [0.3, 0.4) is 0 Å². The number of carboxylic acids is 1. The molecule has 0 atom stereocenters. The number of rotatable bonds is 3. The molecule has 8 nitrogen and oxygen atoms in total. The van der Waals surface area contributed by atoms with Crippen molar-refractivity contribution in [3.8, 4) is 0 Å². The average molecular weight is 346 g/mol. The quantitative estimate of drug-likeness (QED) is 0.646. The molecule has 2 aromatic rings. The first kappa shape index (κ1) is 15.6. The fourth-order valence-corrected chi connectivity index (χ4v) is 3.15. The van der Waals surface area contributed by atoms with Crippen molar-refractivity contribution in [1.29, 1.82) is 0 Å². The third kappa shape index (κ3) is 2.51. The van der Waals surface area contributed by atoms with E-state index in [2.05, 4.69) is 10.1 Å². The summed E-state index contributed by atoms with van der Waals surface area (Å²) >= 11 is 0. The number of oxime groups is 1. The molecule has 9 heteroatoms. The molecule has 2 fully saturated rings. The van der Waals surface area contributed by atoms with Gasteiger partial charge in [0.25, 0.3) is 0 Å². The van der Waals surface area contributed by atoms with Crippen molar-refractivity contribution >= 4 is 28.5 Å². The van der Waals surface area contributed by atoms with Crippen molar-refractivity contribution in [1.82, 2.24) is 9.55 Å². The minimum atomic E-state index is -1.34. The molecule has 4 rings (SSSR count). The number of anilines is 1. The van der Waals surface area contributed by atoms with E-state index in [9.17, 15) is 19.1 Å². The summed E-state index contributed by atoms with van der Waals surface area (Å²) in [5.74, 6) is -1.97. The van der Waals surface area contributed by atoms with Crippen molar-refractivity contribution in [3.63, 3.8) is 0 Å². The Kier molecular flexibility index (Phi) is 3.45. The summed E-state index contributed by atoms with van der Waals surface area (Å²) in [6.45, 7) is 0.711. The third-order valence-corrected chi connectivity index (χ3v) is 4.59. The van der Waals surface area contributed by atoms with Gasteiger partial charge < -0.3 is 19.8 Å². The lowest BCUT2D eigenvalue weighted by Crippen LogP contribution is -2.24. The highest BCUT2D eigenvalue weighted by Gasteiger charge is 2.29. The molecule has 0 amide bonds. The Morgan fingerprint density at radius 1 is 1.40 bits per heavy atom. The molecule has 1 saturated heterocycles. The number of halogens is 1. The first-order valence-electron chi connectivity index (χ1n) is 7.93. The summed E-state index contributed by atoms with van der Waals surface area (Å²) in [7, 11) is 0. The monoisotopic (exact) mass is 346 g/mol. The van der Waals surface area contributed by atoms with Crippen LogP contribution in [0, 0.1) is 5.82 Å². The Balaban J connectivity index is 1.93. The molecular weight excluding hydrogens is 331 g/mol. The smallest absolute Gasteiger partial charge is 0.341 e. The van der Waals surface area contributed by atoms with Crippen LogP contribution in [-0.4, -0.2) is 44.6 Å². The minimum absolute atomic E-state index is 0.0386. The second kappa shape index (κ2) is 5.54. The van der Waals surface area contributed by atoms with Gasteiger partial charge in [0.15, 0.2) is 11.6 Å². The summed E-state index contributed by atoms with van der Waals surface area (Å²) in [4.78, 5) is 29.7. The van der Waals surface area contributed by atoms with Crippen LogP contribution in [0.15, 0.2) is 22.2 Å². The van der Waals surface area contributed by atoms with Crippen LogP contribution >= 0.6 is 0 Å². The Hall–Kier alpha value is -2.97. The van der Waals surface area contributed by atoms with Gasteiger partial charge >= 0.3 is 5.97 Å². The number of fused-ring (bicyclic) bond motifs is 1. The van der Waals surface area contributed by atoms with Crippen LogP contribution in [0.5, 0.6) is 0 Å². The molecule has 0 aromatic carbocycles. The maximum absolute atomic E-state index is 14.6. The molecule has 130 valence electrons. The molecule has 0 radical (unpaired) electrons. The van der Waals surface area contributed by atoms with Crippen LogP contribution in [0.1, 0.15) is 35.7 Å². The highest BCUT2D eigenvalue weighted by atomic mass is 19.1. The topological polar surface area (TPSA) is 108 Å². The number of hydrogen-bond donors (Lipinski definition) is 2. The molecule has 0 unspecified atom stereocenters. The van der Waals surface area contributed by atoms with Gasteiger partial charge in [0, 0.05) is 25.2 Å². The lowest BCUT2D eigenvalue weighted by atomic mass is 10.2. The number of nitrogens with zero attached hydrogens (tertiary/aromatic N) is 4. The molecule has 0 spiro atoms. The zero-order valence-corrected chi connectivity index (χ0v) is 13.1. The summed E-state index contributed by atoms with van der Waals surface area (Å²) in [5.41, 5.74) is -0.314. The first-order chi connectivity index (χ1) is 12.0. The van der Waals surface area contributed by atoms with Crippen LogP contribution in [0.4, 0.5) is 10.2 Å². The van der Waals surface area contributed by atoms with Gasteiger partial charge in [-0.05, 0) is 18.9 Å². The molecule has 0 bridgehead atoms. The molecule has 1 aliphatic heterocycles. The van der Waals surface area contributed by atoms with Gasteiger partial charge in [-0.25, -0.2) is 14.2 Å². The fraction of sp³-hybridized carbons (Fsp3) is 0.375. The molecule has 1 saturated carbocycles. The summed E-state index contributed by atoms with van der Waals surface area (Å²) < 4.78 is 16.2. The molecule has 25 heavy (non-hydrogen) atoms. The zero-order chi connectivity index (χ0) is 17.7. The third-order valence-electron chi connectivity index (χ3n) is 4.59. The zero-order valence-electron chi connectivity index (χ0n) is 13.1. The van der Waals surface area contributed by atoms with E-state index >= 15 is 0 Å². The van der Waals surface area contributed by atoms with Gasteiger partial charge in [0.05, 0.1) is 17.6 Å². The summed E-state index contributed by atoms with van der Waals surface area (Å²) in [6, 6.07) is 1.12. The molecule has 2 aromatic heterocycles. The standard InChI is InChI=1S/C16H15FN4O4/c17-12-5-10-13(22)11(16(23)24)7-21(9-1-2-9)14(10)18-15(12)20-4-3-8(6-20)19-25/h5,7,9,25H,1-4,6H2,(H,23,24)/b19-8-. The van der Waals surface area contributed by atoms with Crippen LogP contribution < -0.4 is 10.3 Å². The van der Waals surface area contributed by atoms with Crippen LogP contribution in [0.25, 0.3) is 11.0 Å². The summed E-state index contributed by atoms with van der Waals surface area (Å²) in [5, 5.41) is 21.2. The van der Waals surface area contributed by atoms with Crippen molar-refractivity contribution in [2.45, 2.75) is 25.3 Å². The van der Waals surface area contributed by atoms with Crippen molar-refractivity contribution in [2.75, 3.05) is 18.0 Å². The van der Waals surface area contributed by atoms with Gasteiger partial charge in [-0.1, -0.05) is 5.16 Å². The molecule has 1 aliphatic carbocycles.